The zero-order valence-corrected chi connectivity index (χ0v) is 13.5. The minimum atomic E-state index is -0.514. The highest BCUT2D eigenvalue weighted by Crippen LogP contribution is 2.27. The number of carbonyl (C=O) groups excluding carboxylic acids is 2. The molecule has 0 aliphatic heterocycles. The van der Waals surface area contributed by atoms with E-state index >= 15 is 0 Å². The molecule has 0 fully saturated rings. The Labute approximate surface area is 139 Å². The van der Waals surface area contributed by atoms with E-state index in [2.05, 4.69) is 10.6 Å². The first-order chi connectivity index (χ1) is 11.5. The first-order valence-electron chi connectivity index (χ1n) is 7.19. The highest BCUT2D eigenvalue weighted by atomic mass is 16.5. The van der Waals surface area contributed by atoms with Gasteiger partial charge in [-0.2, -0.15) is 0 Å². The van der Waals surface area contributed by atoms with Crippen molar-refractivity contribution in [3.8, 4) is 11.5 Å². The Balaban J connectivity index is 1.92. The van der Waals surface area contributed by atoms with Crippen LogP contribution in [0.4, 0.5) is 10.5 Å². The van der Waals surface area contributed by atoms with Crippen molar-refractivity contribution >= 4 is 17.6 Å². The van der Waals surface area contributed by atoms with Crippen LogP contribution in [-0.4, -0.2) is 26.2 Å². The van der Waals surface area contributed by atoms with Crippen LogP contribution in [-0.2, 0) is 6.54 Å². The zero-order valence-electron chi connectivity index (χ0n) is 13.5. The van der Waals surface area contributed by atoms with Gasteiger partial charge in [-0.25, -0.2) is 4.79 Å². The van der Waals surface area contributed by atoms with Gasteiger partial charge >= 0.3 is 6.03 Å². The van der Waals surface area contributed by atoms with Crippen molar-refractivity contribution in [3.05, 3.63) is 53.6 Å². The van der Waals surface area contributed by atoms with Crippen LogP contribution in [0.25, 0.3) is 0 Å². The lowest BCUT2D eigenvalue weighted by molar-refractivity contribution is 0.100. The Morgan fingerprint density at radius 3 is 2.25 bits per heavy atom. The number of amides is 3. The normalized spacial score (nSPS) is 9.92. The molecule has 0 aliphatic rings. The van der Waals surface area contributed by atoms with E-state index in [1.165, 1.54) is 0 Å². The van der Waals surface area contributed by atoms with E-state index in [0.29, 0.717) is 29.3 Å². The fourth-order valence-electron chi connectivity index (χ4n) is 2.07. The molecule has 0 saturated carbocycles. The van der Waals surface area contributed by atoms with Crippen LogP contribution in [0.3, 0.4) is 0 Å². The molecule has 4 N–H and O–H groups in total. The van der Waals surface area contributed by atoms with Gasteiger partial charge in [-0.05, 0) is 42.0 Å². The number of hydrogen-bond donors (Lipinski definition) is 3. The summed E-state index contributed by atoms with van der Waals surface area (Å²) in [5.74, 6) is 0.707. The number of urea groups is 1. The van der Waals surface area contributed by atoms with Crippen LogP contribution >= 0.6 is 0 Å². The van der Waals surface area contributed by atoms with E-state index in [-0.39, 0.29) is 6.03 Å². The summed E-state index contributed by atoms with van der Waals surface area (Å²) in [5, 5.41) is 5.41. The molecule has 2 aromatic rings. The molecule has 0 atom stereocenters. The van der Waals surface area contributed by atoms with Gasteiger partial charge in [0.1, 0.15) is 0 Å². The van der Waals surface area contributed by atoms with Gasteiger partial charge in [-0.3, -0.25) is 4.79 Å². The molecule has 7 nitrogen and oxygen atoms in total. The van der Waals surface area contributed by atoms with Gasteiger partial charge in [0.05, 0.1) is 14.2 Å². The van der Waals surface area contributed by atoms with Crippen LogP contribution in [0.15, 0.2) is 42.5 Å². The van der Waals surface area contributed by atoms with Crippen molar-refractivity contribution in [2.45, 2.75) is 6.54 Å². The summed E-state index contributed by atoms with van der Waals surface area (Å²) in [6.07, 6.45) is 0. The Morgan fingerprint density at radius 2 is 1.67 bits per heavy atom. The number of primary amides is 1. The summed E-state index contributed by atoms with van der Waals surface area (Å²) < 4.78 is 10.4. The van der Waals surface area contributed by atoms with Crippen LogP contribution in [0, 0.1) is 0 Å². The third-order valence-corrected chi connectivity index (χ3v) is 3.33. The number of nitrogens with two attached hydrogens (primary N) is 1. The minimum Gasteiger partial charge on any atom is -0.493 e. The minimum absolute atomic E-state index is 0.325. The van der Waals surface area contributed by atoms with Crippen LogP contribution in [0.2, 0.25) is 0 Å². The summed E-state index contributed by atoms with van der Waals surface area (Å²) in [6.45, 7) is 0.325. The maximum Gasteiger partial charge on any atom is 0.319 e. The van der Waals surface area contributed by atoms with E-state index in [1.807, 2.05) is 6.07 Å². The Kier molecular flexibility index (Phi) is 5.62. The van der Waals surface area contributed by atoms with Crippen molar-refractivity contribution in [2.24, 2.45) is 5.73 Å². The zero-order chi connectivity index (χ0) is 17.5. The van der Waals surface area contributed by atoms with Gasteiger partial charge in [-0.15, -0.1) is 0 Å². The molecule has 0 spiro atoms. The molecular formula is C17H19N3O4. The molecule has 7 heteroatoms. The van der Waals surface area contributed by atoms with Crippen molar-refractivity contribution < 1.29 is 19.1 Å². The van der Waals surface area contributed by atoms with Crippen molar-refractivity contribution in [3.63, 3.8) is 0 Å². The smallest absolute Gasteiger partial charge is 0.319 e. The van der Waals surface area contributed by atoms with Gasteiger partial charge in [0.15, 0.2) is 11.5 Å². The average Bonchev–Trinajstić information content (AvgIpc) is 2.60. The molecule has 0 heterocycles. The largest absolute Gasteiger partial charge is 0.493 e. The topological polar surface area (TPSA) is 103 Å². The Hall–Kier alpha value is -3.22. The summed E-state index contributed by atoms with van der Waals surface area (Å²) in [4.78, 5) is 22.9. The standard InChI is InChI=1S/C17H19N3O4/c1-23-14-8-3-11(9-15(14)24-2)10-19-17(22)20-13-6-4-12(5-7-13)16(18)21/h3-9H,10H2,1-2H3,(H2,18,21)(H2,19,20,22). The summed E-state index contributed by atoms with van der Waals surface area (Å²) >= 11 is 0. The summed E-state index contributed by atoms with van der Waals surface area (Å²) in [6, 6.07) is 11.3. The fraction of sp³-hybridized carbons (Fsp3) is 0.176. The molecule has 0 aromatic heterocycles. The molecule has 0 unspecified atom stereocenters. The van der Waals surface area contributed by atoms with Gasteiger partial charge in [0.2, 0.25) is 5.91 Å². The molecule has 0 bridgehead atoms. The fourth-order valence-corrected chi connectivity index (χ4v) is 2.07. The lowest BCUT2D eigenvalue weighted by atomic mass is 10.2. The van der Waals surface area contributed by atoms with E-state index in [4.69, 9.17) is 15.2 Å². The number of hydrogen-bond acceptors (Lipinski definition) is 4. The molecule has 126 valence electrons. The molecule has 0 saturated heterocycles. The van der Waals surface area contributed by atoms with Gasteiger partial charge in [-0.1, -0.05) is 6.07 Å². The molecule has 0 aliphatic carbocycles. The summed E-state index contributed by atoms with van der Waals surface area (Å²) in [7, 11) is 3.12. The first kappa shape index (κ1) is 17.1. The van der Waals surface area contributed by atoms with Crippen LogP contribution < -0.4 is 25.8 Å². The predicted octanol–water partition coefficient (Wildman–Crippen LogP) is 2.12. The lowest BCUT2D eigenvalue weighted by Gasteiger charge is -2.11. The van der Waals surface area contributed by atoms with Gasteiger partial charge in [0.25, 0.3) is 0 Å². The number of ether oxygens (including phenoxy) is 2. The molecule has 0 radical (unpaired) electrons. The highest BCUT2D eigenvalue weighted by molar-refractivity contribution is 5.94. The maximum absolute atomic E-state index is 11.9. The second-order valence-corrected chi connectivity index (χ2v) is 4.94. The van der Waals surface area contributed by atoms with E-state index < -0.39 is 5.91 Å². The number of methoxy groups -OCH3 is 2. The number of carbonyl (C=O) groups is 2. The number of benzene rings is 2. The predicted molar refractivity (Wildman–Crippen MR) is 90.4 cm³/mol. The number of nitrogens with one attached hydrogen (secondary N) is 2. The maximum atomic E-state index is 11.9. The van der Waals surface area contributed by atoms with Crippen LogP contribution in [0.5, 0.6) is 11.5 Å². The third kappa shape index (κ3) is 4.39. The first-order valence-corrected chi connectivity index (χ1v) is 7.19. The number of rotatable bonds is 6. The third-order valence-electron chi connectivity index (χ3n) is 3.33. The molecule has 2 aromatic carbocycles. The van der Waals surface area contributed by atoms with Crippen molar-refractivity contribution in [2.75, 3.05) is 19.5 Å². The lowest BCUT2D eigenvalue weighted by Crippen LogP contribution is -2.28. The molecule has 24 heavy (non-hydrogen) atoms. The second kappa shape index (κ2) is 7.87. The summed E-state index contributed by atoms with van der Waals surface area (Å²) in [5.41, 5.74) is 6.97. The molecular weight excluding hydrogens is 310 g/mol. The van der Waals surface area contributed by atoms with Crippen molar-refractivity contribution in [1.82, 2.24) is 5.32 Å². The van der Waals surface area contributed by atoms with Gasteiger partial charge in [0, 0.05) is 17.8 Å². The van der Waals surface area contributed by atoms with E-state index in [0.717, 1.165) is 5.56 Å². The van der Waals surface area contributed by atoms with E-state index in [9.17, 15) is 9.59 Å². The highest BCUT2D eigenvalue weighted by Gasteiger charge is 2.07. The molecule has 3 amide bonds. The molecule has 2 rings (SSSR count). The quantitative estimate of drug-likeness (QED) is 0.755. The average molecular weight is 329 g/mol. The van der Waals surface area contributed by atoms with Gasteiger partial charge < -0.3 is 25.8 Å². The monoisotopic (exact) mass is 329 g/mol. The van der Waals surface area contributed by atoms with E-state index in [1.54, 1.807) is 50.6 Å². The number of anilines is 1. The van der Waals surface area contributed by atoms with Crippen molar-refractivity contribution in [1.29, 1.82) is 0 Å². The van der Waals surface area contributed by atoms with Crippen LogP contribution in [0.1, 0.15) is 15.9 Å². The Morgan fingerprint density at radius 1 is 1.00 bits per heavy atom. The second-order valence-electron chi connectivity index (χ2n) is 4.94. The SMILES string of the molecule is COc1ccc(CNC(=O)Nc2ccc(C(N)=O)cc2)cc1OC. The Bertz CT molecular complexity index is 729.